The summed E-state index contributed by atoms with van der Waals surface area (Å²) in [7, 11) is 0. The Bertz CT molecular complexity index is 698. The minimum atomic E-state index is -1.31. The van der Waals surface area contributed by atoms with Crippen molar-refractivity contribution in [3.63, 3.8) is 0 Å². The summed E-state index contributed by atoms with van der Waals surface area (Å²) in [6, 6.07) is 11.9. The third-order valence-electron chi connectivity index (χ3n) is 4.30. The Morgan fingerprint density at radius 3 is 2.71 bits per heavy atom. The maximum Gasteiger partial charge on any atom is 0.161 e. The number of hydrogen-bond donors (Lipinski definition) is 2. The highest BCUT2D eigenvalue weighted by molar-refractivity contribution is 9.10. The van der Waals surface area contributed by atoms with Crippen LogP contribution >= 0.6 is 15.9 Å². The van der Waals surface area contributed by atoms with Gasteiger partial charge < -0.3 is 15.0 Å². The van der Waals surface area contributed by atoms with Crippen molar-refractivity contribution in [2.45, 2.75) is 29.0 Å². The average molecular weight is 412 g/mol. The van der Waals surface area contributed by atoms with Gasteiger partial charge in [-0.05, 0) is 66.0 Å². The molecule has 3 atom stereocenters. The highest BCUT2D eigenvalue weighted by Gasteiger charge is 2.39. The molecule has 1 aliphatic rings. The third kappa shape index (κ3) is 3.83. The Balaban J connectivity index is 1.96. The number of hydrogen-bond acceptors (Lipinski definition) is 3. The highest BCUT2D eigenvalue weighted by Crippen LogP contribution is 2.40. The summed E-state index contributed by atoms with van der Waals surface area (Å²) in [5.41, 5.74) is 2.24. The van der Waals surface area contributed by atoms with E-state index in [4.69, 9.17) is 5.11 Å². The number of aliphatic hydroxyl groups excluding tert-OH is 1. The molecule has 2 N–H and O–H groups in total. The summed E-state index contributed by atoms with van der Waals surface area (Å²) in [5.74, 6) is -0.335. The molecule has 0 aromatic heterocycles. The minimum Gasteiger partial charge on any atom is -0.611 e. The number of nitrogens with one attached hydrogen (secondary N) is 1. The molecule has 0 aliphatic heterocycles. The second kappa shape index (κ2) is 7.97. The van der Waals surface area contributed by atoms with Crippen LogP contribution in [0.25, 0.3) is 0 Å². The van der Waals surface area contributed by atoms with Crippen LogP contribution in [-0.2, 0) is 17.6 Å². The molecule has 1 aliphatic carbocycles. The van der Waals surface area contributed by atoms with Gasteiger partial charge in [0.25, 0.3) is 0 Å². The zero-order valence-corrected chi connectivity index (χ0v) is 15.4. The minimum absolute atomic E-state index is 0.0108. The van der Waals surface area contributed by atoms with Crippen LogP contribution in [-0.4, -0.2) is 28.9 Å². The van der Waals surface area contributed by atoms with Crippen molar-refractivity contribution in [3.8, 4) is 0 Å². The average Bonchev–Trinajstić information content (AvgIpc) is 2.59. The maximum absolute atomic E-state index is 13.2. The molecule has 0 spiro atoms. The van der Waals surface area contributed by atoms with Crippen LogP contribution < -0.4 is 5.32 Å². The van der Waals surface area contributed by atoms with Crippen LogP contribution in [0.3, 0.4) is 0 Å². The van der Waals surface area contributed by atoms with Crippen molar-refractivity contribution in [1.29, 1.82) is 0 Å². The summed E-state index contributed by atoms with van der Waals surface area (Å²) < 4.78 is 27.4. The molecular formula is C18H19BrFNO2S. The van der Waals surface area contributed by atoms with E-state index in [2.05, 4.69) is 27.3 Å². The van der Waals surface area contributed by atoms with Gasteiger partial charge in [-0.3, -0.25) is 0 Å². The predicted molar refractivity (Wildman–Crippen MR) is 96.9 cm³/mol. The molecule has 0 radical (unpaired) electrons. The van der Waals surface area contributed by atoms with Crippen LogP contribution in [0.2, 0.25) is 0 Å². The zero-order chi connectivity index (χ0) is 17.1. The lowest BCUT2D eigenvalue weighted by Crippen LogP contribution is -2.43. The zero-order valence-electron chi connectivity index (χ0n) is 13.0. The topological polar surface area (TPSA) is 55.3 Å². The first-order chi connectivity index (χ1) is 11.6. The van der Waals surface area contributed by atoms with Crippen molar-refractivity contribution < 1.29 is 14.0 Å². The monoisotopic (exact) mass is 411 g/mol. The van der Waals surface area contributed by atoms with Gasteiger partial charge in [-0.15, -0.1) is 0 Å². The molecule has 3 unspecified atom stereocenters. The first-order valence-corrected chi connectivity index (χ1v) is 9.89. The van der Waals surface area contributed by atoms with E-state index >= 15 is 0 Å². The second-order valence-corrected chi connectivity index (χ2v) is 8.33. The van der Waals surface area contributed by atoms with Gasteiger partial charge >= 0.3 is 0 Å². The SMILES string of the molecule is [O-][S+](c1ccc(F)cc1)C1c2ccc(Br)cc2CCC1NCCO. The fourth-order valence-electron chi connectivity index (χ4n) is 3.19. The van der Waals surface area contributed by atoms with E-state index in [0.29, 0.717) is 11.4 Å². The van der Waals surface area contributed by atoms with Crippen LogP contribution in [0.1, 0.15) is 22.8 Å². The van der Waals surface area contributed by atoms with Crippen molar-refractivity contribution in [1.82, 2.24) is 5.32 Å². The smallest absolute Gasteiger partial charge is 0.161 e. The fourth-order valence-corrected chi connectivity index (χ4v) is 5.28. The van der Waals surface area contributed by atoms with Gasteiger partial charge in [0.05, 0.1) is 12.6 Å². The van der Waals surface area contributed by atoms with E-state index in [0.717, 1.165) is 22.9 Å². The number of aryl methyl sites for hydroxylation is 1. The van der Waals surface area contributed by atoms with Crippen LogP contribution in [0, 0.1) is 5.82 Å². The number of benzene rings is 2. The molecule has 24 heavy (non-hydrogen) atoms. The Morgan fingerprint density at radius 1 is 1.25 bits per heavy atom. The summed E-state index contributed by atoms with van der Waals surface area (Å²) in [4.78, 5) is 0.618. The lowest BCUT2D eigenvalue weighted by atomic mass is 9.88. The Morgan fingerprint density at radius 2 is 2.00 bits per heavy atom. The molecule has 0 saturated carbocycles. The molecule has 6 heteroatoms. The van der Waals surface area contributed by atoms with Crippen LogP contribution in [0.5, 0.6) is 0 Å². The van der Waals surface area contributed by atoms with E-state index < -0.39 is 11.2 Å². The first kappa shape index (κ1) is 17.9. The van der Waals surface area contributed by atoms with Crippen LogP contribution in [0.4, 0.5) is 4.39 Å². The molecule has 2 aromatic rings. The molecule has 3 rings (SSSR count). The predicted octanol–water partition coefficient (Wildman–Crippen LogP) is 3.33. The normalized spacial score (nSPS) is 21.3. The van der Waals surface area contributed by atoms with E-state index in [-0.39, 0.29) is 23.7 Å². The molecule has 2 aromatic carbocycles. The lowest BCUT2D eigenvalue weighted by Gasteiger charge is -2.35. The Kier molecular flexibility index (Phi) is 5.94. The largest absolute Gasteiger partial charge is 0.611 e. The number of halogens is 2. The van der Waals surface area contributed by atoms with Gasteiger partial charge in [0.1, 0.15) is 5.82 Å². The molecule has 3 nitrogen and oxygen atoms in total. The fraction of sp³-hybridized carbons (Fsp3) is 0.333. The Hall–Kier alpha value is -0.920. The van der Waals surface area contributed by atoms with Gasteiger partial charge in [0, 0.05) is 16.6 Å². The van der Waals surface area contributed by atoms with E-state index in [9.17, 15) is 8.94 Å². The van der Waals surface area contributed by atoms with Gasteiger partial charge in [-0.2, -0.15) is 0 Å². The van der Waals surface area contributed by atoms with Gasteiger partial charge in [0.15, 0.2) is 10.1 Å². The molecule has 128 valence electrons. The summed E-state index contributed by atoms with van der Waals surface area (Å²) >= 11 is 2.19. The standard InChI is InChI=1S/C18H19BrFNO2S/c19-13-2-7-16-12(11-13)1-8-17(21-9-10-22)18(16)24(23)15-5-3-14(20)4-6-15/h2-7,11,17-18,21-22H,1,8-10H2. The van der Waals surface area contributed by atoms with Gasteiger partial charge in [0.2, 0.25) is 0 Å². The molecule has 0 saturated heterocycles. The lowest BCUT2D eigenvalue weighted by molar-refractivity contribution is 0.278. The van der Waals surface area contributed by atoms with E-state index in [1.165, 1.54) is 17.7 Å². The summed E-state index contributed by atoms with van der Waals surface area (Å²) in [5, 5.41) is 12.2. The maximum atomic E-state index is 13.2. The van der Waals surface area contributed by atoms with Crippen molar-refractivity contribution >= 4 is 27.1 Å². The molecule has 0 fully saturated rings. The van der Waals surface area contributed by atoms with E-state index in [1.54, 1.807) is 12.1 Å². The second-order valence-electron chi connectivity index (χ2n) is 5.84. The number of rotatable bonds is 5. The quantitative estimate of drug-likeness (QED) is 0.741. The number of aliphatic hydroxyl groups is 1. The number of fused-ring (bicyclic) bond motifs is 1. The highest BCUT2D eigenvalue weighted by atomic mass is 79.9. The molecule has 0 amide bonds. The van der Waals surface area contributed by atoms with Crippen molar-refractivity contribution in [2.75, 3.05) is 13.2 Å². The van der Waals surface area contributed by atoms with E-state index in [1.807, 2.05) is 12.1 Å². The Labute approximate surface area is 152 Å². The molecular weight excluding hydrogens is 393 g/mol. The van der Waals surface area contributed by atoms with Crippen molar-refractivity contribution in [2.24, 2.45) is 0 Å². The summed E-state index contributed by atoms with van der Waals surface area (Å²) in [6.07, 6.45) is 1.75. The van der Waals surface area contributed by atoms with Crippen molar-refractivity contribution in [3.05, 3.63) is 63.9 Å². The third-order valence-corrected chi connectivity index (χ3v) is 6.57. The summed E-state index contributed by atoms with van der Waals surface area (Å²) in [6.45, 7) is 0.507. The molecule has 0 heterocycles. The van der Waals surface area contributed by atoms with Gasteiger partial charge in [-0.25, -0.2) is 4.39 Å². The van der Waals surface area contributed by atoms with Gasteiger partial charge in [-0.1, -0.05) is 22.0 Å². The first-order valence-electron chi connectivity index (χ1n) is 7.89. The van der Waals surface area contributed by atoms with Crippen LogP contribution in [0.15, 0.2) is 51.8 Å². The molecule has 0 bridgehead atoms.